The van der Waals surface area contributed by atoms with Crippen LogP contribution in [-0.4, -0.2) is 17.8 Å². The second-order valence-electron chi connectivity index (χ2n) is 10.3. The van der Waals surface area contributed by atoms with E-state index < -0.39 is 11.6 Å². The zero-order chi connectivity index (χ0) is 24.9. The first-order valence-corrected chi connectivity index (χ1v) is 13.1. The number of hydrogen-bond acceptors (Lipinski definition) is 2. The van der Waals surface area contributed by atoms with Gasteiger partial charge in [0.05, 0.1) is 12.7 Å². The molecule has 2 aliphatic carbocycles. The standard InChI is InChI=1S/C30H37F3O2/c1-3-35-28-17-8-21(18-27(28)31)5-4-20-6-9-23(10-7-20)25-15-16-26(30(33)29(25)32)24-13-11-22(12-14-24)19(2)34/h4-5,8,15-20,22-24,34H,3,6-7,9-14H2,1-2H3/b5-4+. The predicted octanol–water partition coefficient (Wildman–Crippen LogP) is 8.14. The number of benzene rings is 2. The second kappa shape index (κ2) is 11.6. The highest BCUT2D eigenvalue weighted by Crippen LogP contribution is 2.42. The maximum atomic E-state index is 15.1. The van der Waals surface area contributed by atoms with E-state index in [-0.39, 0.29) is 35.4 Å². The van der Waals surface area contributed by atoms with Gasteiger partial charge < -0.3 is 9.84 Å². The molecule has 0 aliphatic heterocycles. The molecule has 2 nitrogen and oxygen atoms in total. The van der Waals surface area contributed by atoms with Gasteiger partial charge >= 0.3 is 0 Å². The van der Waals surface area contributed by atoms with Crippen molar-refractivity contribution in [1.82, 2.24) is 0 Å². The highest BCUT2D eigenvalue weighted by Gasteiger charge is 2.30. The Labute approximate surface area is 207 Å². The lowest BCUT2D eigenvalue weighted by molar-refractivity contribution is 0.0963. The van der Waals surface area contributed by atoms with Crippen LogP contribution < -0.4 is 4.74 Å². The van der Waals surface area contributed by atoms with Gasteiger partial charge in [0, 0.05) is 0 Å². The van der Waals surface area contributed by atoms with E-state index in [1.165, 1.54) is 6.07 Å². The molecule has 2 aromatic carbocycles. The van der Waals surface area contributed by atoms with Crippen LogP contribution in [0.5, 0.6) is 5.75 Å². The smallest absolute Gasteiger partial charge is 0.165 e. The van der Waals surface area contributed by atoms with E-state index in [0.29, 0.717) is 23.7 Å². The Bertz CT molecular complexity index is 1020. The van der Waals surface area contributed by atoms with Gasteiger partial charge in [-0.1, -0.05) is 30.4 Å². The van der Waals surface area contributed by atoms with Crippen LogP contribution in [0.4, 0.5) is 13.2 Å². The molecular weight excluding hydrogens is 449 g/mol. The molecule has 0 bridgehead atoms. The minimum absolute atomic E-state index is 0.0251. The van der Waals surface area contributed by atoms with Crippen molar-refractivity contribution < 1.29 is 23.0 Å². The molecule has 0 heterocycles. The van der Waals surface area contributed by atoms with Gasteiger partial charge in [-0.25, -0.2) is 13.2 Å². The number of ether oxygens (including phenoxy) is 1. The minimum Gasteiger partial charge on any atom is -0.491 e. The third kappa shape index (κ3) is 6.11. The summed E-state index contributed by atoms with van der Waals surface area (Å²) >= 11 is 0. The second-order valence-corrected chi connectivity index (χ2v) is 10.3. The maximum absolute atomic E-state index is 15.1. The molecule has 2 fully saturated rings. The largest absolute Gasteiger partial charge is 0.491 e. The molecule has 2 aliphatic rings. The first-order chi connectivity index (χ1) is 16.9. The summed E-state index contributed by atoms with van der Waals surface area (Å²) in [5, 5.41) is 9.80. The van der Waals surface area contributed by atoms with E-state index >= 15 is 8.78 Å². The average molecular weight is 487 g/mol. The fourth-order valence-corrected chi connectivity index (χ4v) is 5.89. The van der Waals surface area contributed by atoms with Crippen LogP contribution >= 0.6 is 0 Å². The zero-order valence-electron chi connectivity index (χ0n) is 20.8. The van der Waals surface area contributed by atoms with Crippen LogP contribution in [0, 0.1) is 29.3 Å². The van der Waals surface area contributed by atoms with Crippen molar-refractivity contribution in [2.45, 2.75) is 83.2 Å². The summed E-state index contributed by atoms with van der Waals surface area (Å²) in [4.78, 5) is 0. The maximum Gasteiger partial charge on any atom is 0.165 e. The SMILES string of the molecule is CCOc1ccc(/C=C/C2CCC(c3ccc(C4CCC(C(C)O)CC4)c(F)c3F)CC2)cc1F. The number of rotatable bonds is 7. The van der Waals surface area contributed by atoms with E-state index in [9.17, 15) is 9.50 Å². The van der Waals surface area contributed by atoms with Crippen LogP contribution in [0.3, 0.4) is 0 Å². The molecule has 0 saturated heterocycles. The summed E-state index contributed by atoms with van der Waals surface area (Å²) in [5.41, 5.74) is 1.79. The quantitative estimate of drug-likeness (QED) is 0.428. The Balaban J connectivity index is 1.35. The molecule has 1 N–H and O–H groups in total. The number of aliphatic hydroxyl groups excluding tert-OH is 1. The van der Waals surface area contributed by atoms with E-state index in [4.69, 9.17) is 4.74 Å². The highest BCUT2D eigenvalue weighted by molar-refractivity contribution is 5.51. The van der Waals surface area contributed by atoms with Gasteiger partial charge in [0.25, 0.3) is 0 Å². The Kier molecular flexibility index (Phi) is 8.59. The van der Waals surface area contributed by atoms with Crippen LogP contribution in [-0.2, 0) is 0 Å². The number of aliphatic hydroxyl groups is 1. The van der Waals surface area contributed by atoms with Gasteiger partial charge in [-0.3, -0.25) is 0 Å². The van der Waals surface area contributed by atoms with Gasteiger partial charge in [0.15, 0.2) is 23.2 Å². The molecule has 0 aromatic heterocycles. The van der Waals surface area contributed by atoms with Crippen LogP contribution in [0.15, 0.2) is 36.4 Å². The number of hydrogen-bond donors (Lipinski definition) is 1. The fourth-order valence-electron chi connectivity index (χ4n) is 5.89. The summed E-state index contributed by atoms with van der Waals surface area (Å²) in [7, 11) is 0. The van der Waals surface area contributed by atoms with Crippen LogP contribution in [0.2, 0.25) is 0 Å². The van der Waals surface area contributed by atoms with Crippen LogP contribution in [0.1, 0.15) is 93.7 Å². The van der Waals surface area contributed by atoms with Gasteiger partial charge in [-0.05, 0) is 118 Å². The zero-order valence-corrected chi connectivity index (χ0v) is 20.8. The highest BCUT2D eigenvalue weighted by atomic mass is 19.2. The summed E-state index contributed by atoms with van der Waals surface area (Å²) in [5.74, 6) is -0.800. The molecule has 1 unspecified atom stereocenters. The van der Waals surface area contributed by atoms with Crippen molar-refractivity contribution in [3.8, 4) is 5.75 Å². The summed E-state index contributed by atoms with van der Waals surface area (Å²) in [6.07, 6.45) is 10.4. The van der Waals surface area contributed by atoms with Crippen molar-refractivity contribution in [3.05, 3.63) is 70.5 Å². The Morgan fingerprint density at radius 2 is 1.46 bits per heavy atom. The molecule has 5 heteroatoms. The monoisotopic (exact) mass is 486 g/mol. The molecule has 35 heavy (non-hydrogen) atoms. The van der Waals surface area contributed by atoms with Crippen molar-refractivity contribution in [1.29, 1.82) is 0 Å². The van der Waals surface area contributed by atoms with E-state index in [1.54, 1.807) is 18.2 Å². The summed E-state index contributed by atoms with van der Waals surface area (Å²) in [6, 6.07) is 8.57. The molecule has 190 valence electrons. The average Bonchev–Trinajstić information content (AvgIpc) is 2.86. The minimum atomic E-state index is -0.678. The van der Waals surface area contributed by atoms with Gasteiger partial charge in [0.1, 0.15) is 0 Å². The van der Waals surface area contributed by atoms with Gasteiger partial charge in [0.2, 0.25) is 0 Å². The molecule has 2 saturated carbocycles. The Hall–Kier alpha value is -2.27. The normalized spacial score (nSPS) is 26.1. The lowest BCUT2D eigenvalue weighted by atomic mass is 9.75. The molecule has 4 rings (SSSR count). The predicted molar refractivity (Wildman–Crippen MR) is 134 cm³/mol. The van der Waals surface area contributed by atoms with Crippen molar-refractivity contribution in [3.63, 3.8) is 0 Å². The molecular formula is C30H37F3O2. The molecule has 0 spiro atoms. The summed E-state index contributed by atoms with van der Waals surface area (Å²) < 4.78 is 49.5. The third-order valence-corrected chi connectivity index (χ3v) is 8.06. The van der Waals surface area contributed by atoms with E-state index in [1.807, 2.05) is 26.0 Å². The fraction of sp³-hybridized carbons (Fsp3) is 0.533. The lowest BCUT2D eigenvalue weighted by Gasteiger charge is -2.31. The number of halogens is 3. The third-order valence-electron chi connectivity index (χ3n) is 8.06. The molecule has 2 aromatic rings. The van der Waals surface area contributed by atoms with Crippen molar-refractivity contribution in [2.24, 2.45) is 11.8 Å². The molecule has 1 atom stereocenters. The van der Waals surface area contributed by atoms with Crippen molar-refractivity contribution >= 4 is 6.08 Å². The van der Waals surface area contributed by atoms with Gasteiger partial charge in [-0.15, -0.1) is 0 Å². The molecule has 0 radical (unpaired) electrons. The Morgan fingerprint density at radius 3 is 1.97 bits per heavy atom. The first-order valence-electron chi connectivity index (χ1n) is 13.1. The first kappa shape index (κ1) is 25.8. The Morgan fingerprint density at radius 1 is 0.886 bits per heavy atom. The van der Waals surface area contributed by atoms with Crippen LogP contribution in [0.25, 0.3) is 6.08 Å². The topological polar surface area (TPSA) is 29.5 Å². The van der Waals surface area contributed by atoms with E-state index in [2.05, 4.69) is 6.08 Å². The van der Waals surface area contributed by atoms with Gasteiger partial charge in [-0.2, -0.15) is 0 Å². The lowest BCUT2D eigenvalue weighted by Crippen LogP contribution is -2.23. The number of allylic oxidation sites excluding steroid dienone is 1. The summed E-state index contributed by atoms with van der Waals surface area (Å²) in [6.45, 7) is 4.06. The van der Waals surface area contributed by atoms with Crippen molar-refractivity contribution in [2.75, 3.05) is 6.61 Å². The molecule has 0 amide bonds. The van der Waals surface area contributed by atoms with E-state index in [0.717, 1.165) is 56.9 Å².